The number of nitriles is 1. The summed E-state index contributed by atoms with van der Waals surface area (Å²) >= 11 is 6.70. The van der Waals surface area contributed by atoms with Gasteiger partial charge >= 0.3 is 6.18 Å². The number of hydrogen-bond acceptors (Lipinski definition) is 7. The van der Waals surface area contributed by atoms with E-state index in [0.717, 1.165) is 10.2 Å². The van der Waals surface area contributed by atoms with Crippen molar-refractivity contribution in [1.82, 2.24) is 29.4 Å². The Hall–Kier alpha value is -4.37. The lowest BCUT2D eigenvalue weighted by atomic mass is 9.96. The van der Waals surface area contributed by atoms with Crippen molar-refractivity contribution < 1.29 is 13.2 Å². The number of aromatic nitrogens is 6. The molecule has 1 fully saturated rings. The molecule has 42 heavy (non-hydrogen) atoms. The van der Waals surface area contributed by atoms with Crippen LogP contribution < -0.4 is 10.6 Å². The number of rotatable bonds is 7. The number of nitrogens with zero attached hydrogens (tertiary/aromatic N) is 7. The molecule has 0 saturated heterocycles. The van der Waals surface area contributed by atoms with Crippen molar-refractivity contribution in [3.63, 3.8) is 0 Å². The third kappa shape index (κ3) is 4.98. The first-order valence-corrected chi connectivity index (χ1v) is 13.7. The molecule has 4 heterocycles. The lowest BCUT2D eigenvalue weighted by molar-refractivity contribution is -0.182. The van der Waals surface area contributed by atoms with Crippen molar-refractivity contribution in [2.24, 2.45) is 5.41 Å². The Kier molecular flexibility index (Phi) is 6.53. The third-order valence-corrected chi connectivity index (χ3v) is 7.68. The van der Waals surface area contributed by atoms with Crippen molar-refractivity contribution in [3.8, 4) is 6.07 Å². The highest BCUT2D eigenvalue weighted by atomic mass is 35.5. The van der Waals surface area contributed by atoms with Gasteiger partial charge in [-0.15, -0.1) is 5.10 Å². The molecule has 1 unspecified atom stereocenters. The van der Waals surface area contributed by atoms with Crippen molar-refractivity contribution in [3.05, 3.63) is 77.1 Å². The lowest BCUT2D eigenvalue weighted by Crippen LogP contribution is -2.35. The molecule has 0 radical (unpaired) electrons. The zero-order chi connectivity index (χ0) is 29.9. The molecule has 1 aliphatic rings. The zero-order valence-corrected chi connectivity index (χ0v) is 23.8. The molecule has 1 atom stereocenters. The van der Waals surface area contributed by atoms with Crippen molar-refractivity contribution in [1.29, 1.82) is 5.26 Å². The SMILES string of the molecule is CC(C)(C)CNc1c(C#N)cnc2c(Cl)cc(NC(c3ccc4nccn4c3)c3cn(C4(C(F)(F)F)CC4)nn3)cc12. The molecule has 9 nitrogen and oxygen atoms in total. The summed E-state index contributed by atoms with van der Waals surface area (Å²) in [7, 11) is 0. The summed E-state index contributed by atoms with van der Waals surface area (Å²) in [4.78, 5) is 8.70. The summed E-state index contributed by atoms with van der Waals surface area (Å²) < 4.78 is 44.3. The lowest BCUT2D eigenvalue weighted by Gasteiger charge is -2.22. The van der Waals surface area contributed by atoms with E-state index in [4.69, 9.17) is 11.6 Å². The predicted octanol–water partition coefficient (Wildman–Crippen LogP) is 6.71. The van der Waals surface area contributed by atoms with Gasteiger partial charge in [-0.2, -0.15) is 18.4 Å². The zero-order valence-electron chi connectivity index (χ0n) is 23.0. The number of hydrogen-bond donors (Lipinski definition) is 2. The fraction of sp³-hybridized carbons (Fsp3) is 0.345. The highest BCUT2D eigenvalue weighted by Gasteiger charge is 2.66. The number of nitrogens with one attached hydrogen (secondary N) is 2. The van der Waals surface area contributed by atoms with Gasteiger partial charge in [-0.05, 0) is 42.0 Å². The van der Waals surface area contributed by atoms with Crippen LogP contribution in [0.15, 0.2) is 55.2 Å². The van der Waals surface area contributed by atoms with Gasteiger partial charge < -0.3 is 15.0 Å². The third-order valence-electron chi connectivity index (χ3n) is 7.39. The van der Waals surface area contributed by atoms with Gasteiger partial charge in [0, 0.05) is 42.4 Å². The van der Waals surface area contributed by atoms with E-state index in [0.29, 0.717) is 50.7 Å². The van der Waals surface area contributed by atoms with Gasteiger partial charge in [0.2, 0.25) is 0 Å². The van der Waals surface area contributed by atoms with Crippen molar-refractivity contribution >= 4 is 39.5 Å². The molecule has 2 N–H and O–H groups in total. The molecule has 0 amide bonds. The minimum atomic E-state index is -4.44. The molecule has 216 valence electrons. The monoisotopic (exact) mass is 593 g/mol. The summed E-state index contributed by atoms with van der Waals surface area (Å²) in [5, 5.41) is 25.7. The van der Waals surface area contributed by atoms with Crippen LogP contribution in [0.2, 0.25) is 5.02 Å². The Morgan fingerprint density at radius 1 is 1.14 bits per heavy atom. The highest BCUT2D eigenvalue weighted by Crippen LogP contribution is 2.55. The summed E-state index contributed by atoms with van der Waals surface area (Å²) in [5.74, 6) is 0. The average molecular weight is 594 g/mol. The van der Waals surface area contributed by atoms with E-state index in [1.165, 1.54) is 12.4 Å². The Morgan fingerprint density at radius 3 is 2.62 bits per heavy atom. The summed E-state index contributed by atoms with van der Waals surface area (Å²) in [6.07, 6.45) is 3.59. The second kappa shape index (κ2) is 9.87. The van der Waals surface area contributed by atoms with E-state index in [-0.39, 0.29) is 18.3 Å². The molecular formula is C29H27ClF3N9. The van der Waals surface area contributed by atoms with Gasteiger partial charge in [0.1, 0.15) is 17.4 Å². The molecule has 5 aromatic rings. The van der Waals surface area contributed by atoms with Crippen LogP contribution in [0.1, 0.15) is 56.5 Å². The predicted molar refractivity (Wildman–Crippen MR) is 153 cm³/mol. The number of imidazole rings is 1. The maximum Gasteiger partial charge on any atom is 0.413 e. The van der Waals surface area contributed by atoms with Crippen LogP contribution in [-0.2, 0) is 5.54 Å². The number of halogens is 4. The first-order chi connectivity index (χ1) is 19.9. The van der Waals surface area contributed by atoms with Crippen LogP contribution in [0.25, 0.3) is 16.6 Å². The molecule has 4 aromatic heterocycles. The summed E-state index contributed by atoms with van der Waals surface area (Å²) in [6.45, 7) is 6.83. The van der Waals surface area contributed by atoms with Gasteiger partial charge in [0.25, 0.3) is 0 Å². The number of alkyl halides is 3. The fourth-order valence-corrected chi connectivity index (χ4v) is 5.22. The van der Waals surface area contributed by atoms with E-state index in [2.05, 4.69) is 57.8 Å². The van der Waals surface area contributed by atoms with E-state index >= 15 is 0 Å². The molecule has 1 saturated carbocycles. The normalized spacial score (nSPS) is 15.5. The van der Waals surface area contributed by atoms with Gasteiger partial charge in [-0.1, -0.05) is 43.7 Å². The minimum absolute atomic E-state index is 0.0444. The first-order valence-electron chi connectivity index (χ1n) is 13.3. The van der Waals surface area contributed by atoms with Gasteiger partial charge in [0.15, 0.2) is 5.54 Å². The Labute approximate surface area is 244 Å². The van der Waals surface area contributed by atoms with Crippen LogP contribution in [0.5, 0.6) is 0 Å². The number of anilines is 2. The average Bonchev–Trinajstić information content (AvgIpc) is 3.39. The fourth-order valence-electron chi connectivity index (χ4n) is 4.95. The van der Waals surface area contributed by atoms with Crippen molar-refractivity contribution in [2.45, 2.75) is 51.4 Å². The van der Waals surface area contributed by atoms with Crippen LogP contribution in [0, 0.1) is 16.7 Å². The van der Waals surface area contributed by atoms with Gasteiger partial charge in [-0.3, -0.25) is 4.98 Å². The molecule has 6 rings (SSSR count). The Balaban J connectivity index is 1.45. The second-order valence-corrected chi connectivity index (χ2v) is 12.2. The first kappa shape index (κ1) is 27.8. The van der Waals surface area contributed by atoms with Crippen LogP contribution in [0.3, 0.4) is 0 Å². The van der Waals surface area contributed by atoms with E-state index < -0.39 is 17.8 Å². The second-order valence-electron chi connectivity index (χ2n) is 11.8. The molecular weight excluding hydrogens is 567 g/mol. The Morgan fingerprint density at radius 2 is 1.93 bits per heavy atom. The minimum Gasteiger partial charge on any atom is -0.383 e. The van der Waals surface area contributed by atoms with Crippen molar-refractivity contribution in [2.75, 3.05) is 17.2 Å². The molecule has 0 bridgehead atoms. The Bertz CT molecular complexity index is 1840. The van der Waals surface area contributed by atoms with Crippen LogP contribution in [-0.4, -0.2) is 42.1 Å². The highest BCUT2D eigenvalue weighted by molar-refractivity contribution is 6.35. The maximum absolute atomic E-state index is 13.9. The van der Waals surface area contributed by atoms with Gasteiger partial charge in [-0.25, -0.2) is 9.67 Å². The van der Waals surface area contributed by atoms with E-state index in [1.807, 2.05) is 28.8 Å². The topological polar surface area (TPSA) is 109 Å². The number of benzene rings is 1. The smallest absolute Gasteiger partial charge is 0.383 e. The molecule has 1 aromatic carbocycles. The van der Waals surface area contributed by atoms with Crippen LogP contribution in [0.4, 0.5) is 24.5 Å². The molecule has 13 heteroatoms. The van der Waals surface area contributed by atoms with Crippen LogP contribution >= 0.6 is 11.6 Å². The quantitative estimate of drug-likeness (QED) is 0.216. The largest absolute Gasteiger partial charge is 0.413 e. The summed E-state index contributed by atoms with van der Waals surface area (Å²) in [6, 6.07) is 8.68. The number of pyridine rings is 2. The summed E-state index contributed by atoms with van der Waals surface area (Å²) in [5.41, 5.74) is 1.68. The molecule has 0 aliphatic heterocycles. The van der Waals surface area contributed by atoms with E-state index in [9.17, 15) is 18.4 Å². The number of fused-ring (bicyclic) bond motifs is 2. The maximum atomic E-state index is 13.9. The molecule has 1 aliphatic carbocycles. The molecule has 0 spiro atoms. The standard InChI is InChI=1S/C29H27ClF3N9/c1-27(2,3)16-37-24-18(12-34)13-36-26-20(24)10-19(11-21(26)30)38-25(17-4-5-23-35-8-9-41(23)14-17)22-15-42(40-39-22)28(6-7-28)29(31,32)33/h4-5,8-11,13-15,25,38H,6-7,16H2,1-3H3,(H,36,37). The van der Waals surface area contributed by atoms with E-state index in [1.54, 1.807) is 18.5 Å². The van der Waals surface area contributed by atoms with Gasteiger partial charge in [0.05, 0.1) is 34.0 Å².